The van der Waals surface area contributed by atoms with Crippen LogP contribution in [0.4, 0.5) is 0 Å². The van der Waals surface area contributed by atoms with Crippen LogP contribution in [0.2, 0.25) is 0 Å². The van der Waals surface area contributed by atoms with Gasteiger partial charge in [-0.1, -0.05) is 5.16 Å². The van der Waals surface area contributed by atoms with Gasteiger partial charge in [-0.15, -0.1) is 0 Å². The number of oxime groups is 1. The third-order valence-electron chi connectivity index (χ3n) is 1.87. The van der Waals surface area contributed by atoms with E-state index in [0.29, 0.717) is 17.1 Å². The summed E-state index contributed by atoms with van der Waals surface area (Å²) in [4.78, 5) is 4.60. The summed E-state index contributed by atoms with van der Waals surface area (Å²) >= 11 is 0. The van der Waals surface area contributed by atoms with Crippen molar-refractivity contribution in [1.29, 1.82) is 0 Å². The molecule has 82 valence electrons. The number of hydrogen-bond donors (Lipinski definition) is 1. The van der Waals surface area contributed by atoms with Crippen molar-refractivity contribution in [2.45, 2.75) is 0 Å². The highest BCUT2D eigenvalue weighted by Crippen LogP contribution is 2.23. The van der Waals surface area contributed by atoms with Crippen LogP contribution in [-0.2, 0) is 4.84 Å². The van der Waals surface area contributed by atoms with Gasteiger partial charge in [0.2, 0.25) is 0 Å². The molecule has 1 rings (SSSR count). The van der Waals surface area contributed by atoms with E-state index in [2.05, 4.69) is 9.99 Å². The van der Waals surface area contributed by atoms with E-state index in [0.717, 1.165) is 0 Å². The maximum absolute atomic E-state index is 5.69. The fourth-order valence-corrected chi connectivity index (χ4v) is 1.16. The summed E-state index contributed by atoms with van der Waals surface area (Å²) in [5.41, 5.74) is 6.33. The van der Waals surface area contributed by atoms with Gasteiger partial charge in [-0.05, 0) is 18.2 Å². The van der Waals surface area contributed by atoms with Gasteiger partial charge in [0.05, 0.1) is 19.8 Å². The zero-order valence-corrected chi connectivity index (χ0v) is 8.98. The molecule has 0 fully saturated rings. The minimum atomic E-state index is 0.244. The average molecular weight is 210 g/mol. The van der Waals surface area contributed by atoms with Gasteiger partial charge in [-0.3, -0.25) is 0 Å². The van der Waals surface area contributed by atoms with Crippen LogP contribution in [0.25, 0.3) is 0 Å². The number of nitrogens with two attached hydrogens (primary N) is 1. The first-order chi connectivity index (χ1) is 7.22. The van der Waals surface area contributed by atoms with E-state index in [1.165, 1.54) is 7.11 Å². The molecule has 0 saturated heterocycles. The third kappa shape index (κ3) is 2.52. The van der Waals surface area contributed by atoms with Crippen LogP contribution in [0.5, 0.6) is 11.5 Å². The predicted molar refractivity (Wildman–Crippen MR) is 57.3 cm³/mol. The molecule has 0 amide bonds. The Labute approximate surface area is 88.4 Å². The van der Waals surface area contributed by atoms with Crippen molar-refractivity contribution < 1.29 is 14.3 Å². The van der Waals surface area contributed by atoms with Gasteiger partial charge in [0.25, 0.3) is 0 Å². The van der Waals surface area contributed by atoms with Gasteiger partial charge in [0.1, 0.15) is 18.6 Å². The lowest BCUT2D eigenvalue weighted by Crippen LogP contribution is -2.15. The molecular weight excluding hydrogens is 196 g/mol. The number of methoxy groups -OCH3 is 2. The lowest BCUT2D eigenvalue weighted by molar-refractivity contribution is 0.213. The minimum Gasteiger partial charge on any atom is -0.497 e. The van der Waals surface area contributed by atoms with Crippen LogP contribution in [-0.4, -0.2) is 27.2 Å². The van der Waals surface area contributed by atoms with Crippen LogP contribution in [0, 0.1) is 0 Å². The van der Waals surface area contributed by atoms with E-state index in [-0.39, 0.29) is 5.84 Å². The Balaban J connectivity index is 3.17. The van der Waals surface area contributed by atoms with Crippen molar-refractivity contribution in [2.75, 3.05) is 21.3 Å². The molecule has 0 aliphatic carbocycles. The SMILES string of the molecule is CO/N=C(\N)c1cc(OC)ccc1OC. The molecule has 0 radical (unpaired) electrons. The van der Waals surface area contributed by atoms with E-state index < -0.39 is 0 Å². The normalized spacial score (nSPS) is 11.0. The second kappa shape index (κ2) is 5.09. The standard InChI is InChI=1S/C10H14N2O3/c1-13-7-4-5-9(14-2)8(6-7)10(11)12-15-3/h4-6H,1-3H3,(H2,11,12). The predicted octanol–water partition coefficient (Wildman–Crippen LogP) is 0.971. The summed E-state index contributed by atoms with van der Waals surface area (Å²) in [7, 11) is 4.57. The highest BCUT2D eigenvalue weighted by atomic mass is 16.6. The smallest absolute Gasteiger partial charge is 0.174 e. The second-order valence-electron chi connectivity index (χ2n) is 2.73. The van der Waals surface area contributed by atoms with Gasteiger partial charge in [0.15, 0.2) is 5.84 Å². The molecule has 0 saturated carbocycles. The molecule has 1 aromatic carbocycles. The van der Waals surface area contributed by atoms with Gasteiger partial charge < -0.3 is 20.0 Å². The first kappa shape index (κ1) is 11.2. The van der Waals surface area contributed by atoms with E-state index in [4.69, 9.17) is 15.2 Å². The van der Waals surface area contributed by atoms with E-state index in [1.54, 1.807) is 32.4 Å². The first-order valence-electron chi connectivity index (χ1n) is 4.32. The molecule has 5 heteroatoms. The van der Waals surface area contributed by atoms with Crippen molar-refractivity contribution in [3.63, 3.8) is 0 Å². The van der Waals surface area contributed by atoms with E-state index in [1.807, 2.05) is 0 Å². The largest absolute Gasteiger partial charge is 0.497 e. The van der Waals surface area contributed by atoms with E-state index >= 15 is 0 Å². The van der Waals surface area contributed by atoms with Crippen LogP contribution >= 0.6 is 0 Å². The molecular formula is C10H14N2O3. The number of benzene rings is 1. The van der Waals surface area contributed by atoms with Gasteiger partial charge in [-0.2, -0.15) is 0 Å². The third-order valence-corrected chi connectivity index (χ3v) is 1.87. The molecule has 2 N–H and O–H groups in total. The molecule has 0 unspecified atom stereocenters. The Morgan fingerprint density at radius 2 is 1.93 bits per heavy atom. The quantitative estimate of drug-likeness (QED) is 0.457. The highest BCUT2D eigenvalue weighted by molar-refractivity contribution is 6.00. The van der Waals surface area contributed by atoms with Crippen molar-refractivity contribution >= 4 is 5.84 Å². The maximum atomic E-state index is 5.69. The molecule has 5 nitrogen and oxygen atoms in total. The molecule has 0 aliphatic rings. The topological polar surface area (TPSA) is 66.1 Å². The minimum absolute atomic E-state index is 0.244. The van der Waals surface area contributed by atoms with Gasteiger partial charge in [0, 0.05) is 0 Å². The summed E-state index contributed by atoms with van der Waals surface area (Å²) in [5, 5.41) is 3.64. The summed E-state index contributed by atoms with van der Waals surface area (Å²) in [6.45, 7) is 0. The number of amidine groups is 1. The lowest BCUT2D eigenvalue weighted by atomic mass is 10.1. The average Bonchev–Trinajstić information content (AvgIpc) is 2.28. The monoisotopic (exact) mass is 210 g/mol. The van der Waals surface area contributed by atoms with E-state index in [9.17, 15) is 0 Å². The molecule has 0 heterocycles. The van der Waals surface area contributed by atoms with Crippen molar-refractivity contribution in [2.24, 2.45) is 10.9 Å². The summed E-state index contributed by atoms with van der Waals surface area (Å²) in [5.74, 6) is 1.54. The fraction of sp³-hybridized carbons (Fsp3) is 0.300. The number of ether oxygens (including phenoxy) is 2. The number of nitrogens with zero attached hydrogens (tertiary/aromatic N) is 1. The Bertz CT molecular complexity index is 364. The van der Waals surface area contributed by atoms with Crippen LogP contribution in [0.15, 0.2) is 23.4 Å². The lowest BCUT2D eigenvalue weighted by Gasteiger charge is -2.09. The summed E-state index contributed by atoms with van der Waals surface area (Å²) < 4.78 is 10.2. The van der Waals surface area contributed by atoms with Gasteiger partial charge >= 0.3 is 0 Å². The number of hydrogen-bond acceptors (Lipinski definition) is 4. The Morgan fingerprint density at radius 3 is 2.47 bits per heavy atom. The van der Waals surface area contributed by atoms with Crippen molar-refractivity contribution in [1.82, 2.24) is 0 Å². The first-order valence-corrected chi connectivity index (χ1v) is 4.32. The van der Waals surface area contributed by atoms with Crippen LogP contribution < -0.4 is 15.2 Å². The zero-order chi connectivity index (χ0) is 11.3. The summed E-state index contributed by atoms with van der Waals surface area (Å²) in [6.07, 6.45) is 0. The molecule has 0 spiro atoms. The molecule has 1 aromatic rings. The van der Waals surface area contributed by atoms with Crippen molar-refractivity contribution in [3.05, 3.63) is 23.8 Å². The Hall–Kier alpha value is -1.91. The molecule has 0 aliphatic heterocycles. The molecule has 0 bridgehead atoms. The van der Waals surface area contributed by atoms with Crippen LogP contribution in [0.3, 0.4) is 0 Å². The summed E-state index contributed by atoms with van der Waals surface area (Å²) in [6, 6.07) is 5.27. The van der Waals surface area contributed by atoms with Gasteiger partial charge in [-0.25, -0.2) is 0 Å². The van der Waals surface area contributed by atoms with Crippen LogP contribution in [0.1, 0.15) is 5.56 Å². The molecule has 0 aromatic heterocycles. The molecule has 15 heavy (non-hydrogen) atoms. The fourth-order valence-electron chi connectivity index (χ4n) is 1.16. The second-order valence-corrected chi connectivity index (χ2v) is 2.73. The van der Waals surface area contributed by atoms with Crippen molar-refractivity contribution in [3.8, 4) is 11.5 Å². The Morgan fingerprint density at radius 1 is 1.20 bits per heavy atom. The maximum Gasteiger partial charge on any atom is 0.174 e. The number of rotatable bonds is 4. The zero-order valence-electron chi connectivity index (χ0n) is 8.98. The molecule has 0 atom stereocenters. The highest BCUT2D eigenvalue weighted by Gasteiger charge is 2.09. The Kier molecular flexibility index (Phi) is 3.79.